The first-order valence-corrected chi connectivity index (χ1v) is 7.40. The Kier molecular flexibility index (Phi) is 7.50. The molecule has 1 N–H and O–H groups in total. The molecule has 1 aromatic heterocycles. The number of thioether (sulfide) groups is 1. The van der Waals surface area contributed by atoms with Crippen LogP contribution in [0.3, 0.4) is 0 Å². The van der Waals surface area contributed by atoms with Gasteiger partial charge in [0.15, 0.2) is 12.4 Å². The minimum absolute atomic E-state index is 0. The molecule has 110 valence electrons. The summed E-state index contributed by atoms with van der Waals surface area (Å²) in [7, 11) is 0. The lowest BCUT2D eigenvalue weighted by atomic mass is 10.2. The minimum Gasteiger partial charge on any atom is -1.00 e. The van der Waals surface area contributed by atoms with Gasteiger partial charge in [0.2, 0.25) is 6.54 Å². The van der Waals surface area contributed by atoms with Crippen molar-refractivity contribution in [3.63, 3.8) is 0 Å². The van der Waals surface area contributed by atoms with Crippen molar-refractivity contribution in [2.24, 2.45) is 5.10 Å². The molecule has 4 nitrogen and oxygen atoms in total. The molecule has 0 unspecified atom stereocenters. The summed E-state index contributed by atoms with van der Waals surface area (Å²) in [6.07, 6.45) is 7.34. The zero-order chi connectivity index (χ0) is 14.2. The molecule has 1 aromatic carbocycles. The van der Waals surface area contributed by atoms with Crippen LogP contribution in [0.1, 0.15) is 5.56 Å². The van der Waals surface area contributed by atoms with Crippen molar-refractivity contribution in [1.82, 2.24) is 5.43 Å². The van der Waals surface area contributed by atoms with Gasteiger partial charge in [0, 0.05) is 17.0 Å². The summed E-state index contributed by atoms with van der Waals surface area (Å²) < 4.78 is 1.79. The molecule has 0 atom stereocenters. The van der Waals surface area contributed by atoms with Gasteiger partial charge < -0.3 is 12.4 Å². The number of aromatic nitrogens is 1. The molecule has 0 bridgehead atoms. The summed E-state index contributed by atoms with van der Waals surface area (Å²) in [4.78, 5) is 12.9. The Morgan fingerprint density at radius 1 is 1.24 bits per heavy atom. The van der Waals surface area contributed by atoms with E-state index in [0.29, 0.717) is 0 Å². The van der Waals surface area contributed by atoms with E-state index in [-0.39, 0.29) is 24.9 Å². The number of halogens is 1. The van der Waals surface area contributed by atoms with Crippen LogP contribution in [0.25, 0.3) is 0 Å². The molecule has 0 radical (unpaired) electrons. The predicted molar refractivity (Wildman–Crippen MR) is 80.6 cm³/mol. The molecule has 2 aromatic rings. The highest BCUT2D eigenvalue weighted by Crippen LogP contribution is 2.13. The highest BCUT2D eigenvalue weighted by atomic mass is 35.5. The molecule has 0 saturated heterocycles. The van der Waals surface area contributed by atoms with Gasteiger partial charge in [-0.25, -0.2) is 5.43 Å². The molecule has 0 aliphatic carbocycles. The highest BCUT2D eigenvalue weighted by molar-refractivity contribution is 7.98. The Labute approximate surface area is 134 Å². The molecule has 0 spiro atoms. The normalized spacial score (nSPS) is 10.1. The Bertz CT molecular complexity index is 588. The number of nitrogens with zero attached hydrogens (tertiary/aromatic N) is 2. The van der Waals surface area contributed by atoms with Crippen molar-refractivity contribution in [1.29, 1.82) is 0 Å². The van der Waals surface area contributed by atoms with Gasteiger partial charge in [0.1, 0.15) is 0 Å². The molecule has 2 rings (SSSR count). The van der Waals surface area contributed by atoms with Crippen LogP contribution in [0.4, 0.5) is 0 Å². The number of carbonyl (C=O) groups is 1. The second-order valence-corrected chi connectivity index (χ2v) is 4.99. The van der Waals surface area contributed by atoms with Crippen molar-refractivity contribution in [3.05, 3.63) is 60.4 Å². The maximum atomic E-state index is 11.7. The molecule has 1 amide bonds. The van der Waals surface area contributed by atoms with E-state index in [1.165, 1.54) is 4.90 Å². The average Bonchev–Trinajstić information content (AvgIpc) is 2.49. The maximum Gasteiger partial charge on any atom is 0.305 e. The highest BCUT2D eigenvalue weighted by Gasteiger charge is 2.06. The first-order valence-electron chi connectivity index (χ1n) is 6.18. The van der Waals surface area contributed by atoms with Crippen molar-refractivity contribution in [2.45, 2.75) is 11.4 Å². The fraction of sp³-hybridized carbons (Fsp3) is 0.133. The number of nitrogens with one attached hydrogen (secondary N) is 1. The van der Waals surface area contributed by atoms with Crippen LogP contribution in [0.5, 0.6) is 0 Å². The summed E-state index contributed by atoms with van der Waals surface area (Å²) in [6.45, 7) is 0.254. The first-order chi connectivity index (χ1) is 9.78. The van der Waals surface area contributed by atoms with Crippen LogP contribution in [0, 0.1) is 0 Å². The Balaban J connectivity index is 0.00000220. The van der Waals surface area contributed by atoms with Gasteiger partial charge in [-0.3, -0.25) is 4.79 Å². The van der Waals surface area contributed by atoms with E-state index >= 15 is 0 Å². The van der Waals surface area contributed by atoms with E-state index in [0.717, 1.165) is 5.56 Å². The third kappa shape index (κ3) is 5.97. The molecular formula is C15H16ClN3OS. The minimum atomic E-state index is -0.154. The number of hydrogen-bond acceptors (Lipinski definition) is 3. The van der Waals surface area contributed by atoms with Gasteiger partial charge >= 0.3 is 5.91 Å². The summed E-state index contributed by atoms with van der Waals surface area (Å²) in [5.74, 6) is -0.154. The number of hydrogen-bond donors (Lipinski definition) is 1. The molecular weight excluding hydrogens is 306 g/mol. The maximum absolute atomic E-state index is 11.7. The van der Waals surface area contributed by atoms with Gasteiger partial charge in [-0.15, -0.1) is 11.8 Å². The van der Waals surface area contributed by atoms with E-state index in [9.17, 15) is 4.79 Å². The van der Waals surface area contributed by atoms with Crippen LogP contribution in [-0.4, -0.2) is 18.4 Å². The monoisotopic (exact) mass is 321 g/mol. The van der Waals surface area contributed by atoms with Gasteiger partial charge in [-0.2, -0.15) is 9.67 Å². The Morgan fingerprint density at radius 3 is 2.52 bits per heavy atom. The molecule has 6 heteroatoms. The number of pyridine rings is 1. The lowest BCUT2D eigenvalue weighted by Crippen LogP contribution is -3.00. The number of carbonyl (C=O) groups excluding carboxylic acids is 1. The van der Waals surface area contributed by atoms with Gasteiger partial charge in [0.25, 0.3) is 0 Å². The van der Waals surface area contributed by atoms with Crippen LogP contribution < -0.4 is 22.4 Å². The SMILES string of the molecule is CSc1ccc(C=NNC(=O)C[n+]2ccccc2)cc1.[Cl-]. The predicted octanol–water partition coefficient (Wildman–Crippen LogP) is -1.15. The zero-order valence-corrected chi connectivity index (χ0v) is 13.1. The second kappa shape index (κ2) is 9.15. The molecule has 21 heavy (non-hydrogen) atoms. The van der Waals surface area contributed by atoms with Crippen molar-refractivity contribution >= 4 is 23.9 Å². The van der Waals surface area contributed by atoms with E-state index in [2.05, 4.69) is 10.5 Å². The molecule has 0 aliphatic heterocycles. The summed E-state index contributed by atoms with van der Waals surface area (Å²) in [5.41, 5.74) is 3.47. The van der Waals surface area contributed by atoms with Crippen LogP contribution in [0.15, 0.2) is 64.9 Å². The van der Waals surface area contributed by atoms with Crippen molar-refractivity contribution in [2.75, 3.05) is 6.26 Å². The first kappa shape index (κ1) is 17.2. The Hall–Kier alpha value is -1.85. The third-order valence-electron chi connectivity index (χ3n) is 2.62. The fourth-order valence-electron chi connectivity index (χ4n) is 1.61. The molecule has 0 fully saturated rings. The van der Waals surface area contributed by atoms with Crippen LogP contribution >= 0.6 is 11.8 Å². The fourth-order valence-corrected chi connectivity index (χ4v) is 2.02. The summed E-state index contributed by atoms with van der Waals surface area (Å²) in [5, 5.41) is 3.95. The zero-order valence-electron chi connectivity index (χ0n) is 11.6. The van der Waals surface area contributed by atoms with Crippen LogP contribution in [-0.2, 0) is 11.3 Å². The lowest BCUT2D eigenvalue weighted by Gasteiger charge is -1.98. The van der Waals surface area contributed by atoms with E-state index in [1.54, 1.807) is 22.5 Å². The van der Waals surface area contributed by atoms with E-state index < -0.39 is 0 Å². The molecule has 1 heterocycles. The summed E-state index contributed by atoms with van der Waals surface area (Å²) in [6, 6.07) is 13.6. The topological polar surface area (TPSA) is 45.3 Å². The number of rotatable bonds is 5. The third-order valence-corrected chi connectivity index (χ3v) is 3.37. The standard InChI is InChI=1S/C15H15N3OS.ClH/c1-20-14-7-5-13(6-8-14)11-16-17-15(19)12-18-9-3-2-4-10-18;/h2-11H,12H2,1H3;1H. The average molecular weight is 322 g/mol. The number of benzene rings is 1. The van der Waals surface area contributed by atoms with E-state index in [1.807, 2.05) is 61.1 Å². The molecule has 0 aliphatic rings. The summed E-state index contributed by atoms with van der Waals surface area (Å²) >= 11 is 1.69. The van der Waals surface area contributed by atoms with Crippen molar-refractivity contribution in [3.8, 4) is 0 Å². The molecule has 0 saturated carbocycles. The van der Waals surface area contributed by atoms with Crippen LogP contribution in [0.2, 0.25) is 0 Å². The largest absolute Gasteiger partial charge is 1.00 e. The quantitative estimate of drug-likeness (QED) is 0.327. The Morgan fingerprint density at radius 2 is 1.90 bits per heavy atom. The van der Waals surface area contributed by atoms with Gasteiger partial charge in [0.05, 0.1) is 6.21 Å². The second-order valence-electron chi connectivity index (χ2n) is 4.11. The number of amides is 1. The van der Waals surface area contributed by atoms with Crippen molar-refractivity contribution < 1.29 is 21.8 Å². The van der Waals surface area contributed by atoms with E-state index in [4.69, 9.17) is 0 Å². The lowest BCUT2D eigenvalue weighted by molar-refractivity contribution is -0.684. The number of hydrazone groups is 1. The smallest absolute Gasteiger partial charge is 0.305 e. The van der Waals surface area contributed by atoms with Gasteiger partial charge in [-0.05, 0) is 24.0 Å². The van der Waals surface area contributed by atoms with Gasteiger partial charge in [-0.1, -0.05) is 18.2 Å².